The Balaban J connectivity index is 2.33. The maximum absolute atomic E-state index is 12.7. The van der Waals surface area contributed by atoms with Crippen molar-refractivity contribution in [2.75, 3.05) is 19.6 Å². The van der Waals surface area contributed by atoms with Gasteiger partial charge in [-0.25, -0.2) is 9.18 Å². The maximum atomic E-state index is 12.7. The predicted octanol–water partition coefficient (Wildman–Crippen LogP) is 2.31. The second kappa shape index (κ2) is 8.09. The minimum Gasteiger partial charge on any atom is -0.338 e. The van der Waals surface area contributed by atoms with Crippen molar-refractivity contribution >= 4 is 6.03 Å². The number of urea groups is 1. The minimum atomic E-state index is -0.263. The number of hydrogen-bond donors (Lipinski definition) is 1. The lowest BCUT2D eigenvalue weighted by Crippen LogP contribution is -2.41. The lowest BCUT2D eigenvalue weighted by atomic mass is 10.1. The third-order valence-corrected chi connectivity index (χ3v) is 2.77. The number of nitrogens with one attached hydrogen (secondary N) is 1. The molecule has 0 aliphatic carbocycles. The molecule has 0 heterocycles. The van der Waals surface area contributed by atoms with Gasteiger partial charge in [-0.05, 0) is 31.0 Å². The Morgan fingerprint density at radius 1 is 1.42 bits per heavy atom. The maximum Gasteiger partial charge on any atom is 0.317 e. The van der Waals surface area contributed by atoms with E-state index in [-0.39, 0.29) is 11.8 Å². The highest BCUT2D eigenvalue weighted by molar-refractivity contribution is 5.74. The van der Waals surface area contributed by atoms with Gasteiger partial charge in [-0.15, -0.1) is 0 Å². The van der Waals surface area contributed by atoms with Crippen LogP contribution in [-0.4, -0.2) is 30.6 Å². The van der Waals surface area contributed by atoms with Crippen molar-refractivity contribution in [2.24, 2.45) is 0 Å². The van der Waals surface area contributed by atoms with E-state index < -0.39 is 0 Å². The molecule has 1 aromatic carbocycles. The lowest BCUT2D eigenvalue weighted by Gasteiger charge is -2.20. The second-order valence-corrected chi connectivity index (χ2v) is 4.10. The van der Waals surface area contributed by atoms with Gasteiger partial charge in [-0.3, -0.25) is 0 Å². The van der Waals surface area contributed by atoms with Crippen LogP contribution in [0.3, 0.4) is 0 Å². The number of halogens is 1. The van der Waals surface area contributed by atoms with E-state index in [0.29, 0.717) is 32.5 Å². The van der Waals surface area contributed by atoms with Crippen molar-refractivity contribution in [2.45, 2.75) is 19.8 Å². The molecule has 1 N–H and O–H groups in total. The molecule has 5 heteroatoms. The Morgan fingerprint density at radius 3 is 2.68 bits per heavy atom. The van der Waals surface area contributed by atoms with E-state index in [0.717, 1.165) is 5.56 Å². The zero-order valence-electron chi connectivity index (χ0n) is 11.0. The smallest absolute Gasteiger partial charge is 0.317 e. The Bertz CT molecular complexity index is 439. The van der Waals surface area contributed by atoms with E-state index in [1.54, 1.807) is 17.0 Å². The highest BCUT2D eigenvalue weighted by Gasteiger charge is 2.09. The zero-order valence-corrected chi connectivity index (χ0v) is 11.0. The Kier molecular flexibility index (Phi) is 6.37. The molecule has 4 nitrogen and oxygen atoms in total. The molecule has 0 aromatic heterocycles. The normalized spacial score (nSPS) is 9.74. The number of nitrogens with zero attached hydrogens (tertiary/aromatic N) is 2. The molecule has 102 valence electrons. The van der Waals surface area contributed by atoms with Gasteiger partial charge in [-0.1, -0.05) is 12.1 Å². The van der Waals surface area contributed by atoms with Crippen molar-refractivity contribution in [3.05, 3.63) is 35.6 Å². The summed E-state index contributed by atoms with van der Waals surface area (Å²) in [5.41, 5.74) is 0.974. The van der Waals surface area contributed by atoms with Crippen LogP contribution < -0.4 is 5.32 Å². The number of nitriles is 1. The molecule has 0 radical (unpaired) electrons. The fourth-order valence-corrected chi connectivity index (χ4v) is 1.66. The third-order valence-electron chi connectivity index (χ3n) is 2.77. The van der Waals surface area contributed by atoms with Gasteiger partial charge in [0, 0.05) is 19.6 Å². The highest BCUT2D eigenvalue weighted by atomic mass is 19.1. The first-order chi connectivity index (χ1) is 9.17. The molecular formula is C14H18FN3O. The van der Waals surface area contributed by atoms with Crippen LogP contribution in [-0.2, 0) is 6.42 Å². The van der Waals surface area contributed by atoms with Crippen LogP contribution in [0.1, 0.15) is 18.9 Å². The van der Waals surface area contributed by atoms with E-state index in [2.05, 4.69) is 5.32 Å². The molecule has 0 spiro atoms. The summed E-state index contributed by atoms with van der Waals surface area (Å²) in [6.45, 7) is 3.38. The number of rotatable bonds is 6. The van der Waals surface area contributed by atoms with Crippen molar-refractivity contribution in [1.82, 2.24) is 10.2 Å². The number of carbonyl (C=O) groups is 1. The first kappa shape index (κ1) is 15.0. The van der Waals surface area contributed by atoms with Gasteiger partial charge < -0.3 is 10.2 Å². The second-order valence-electron chi connectivity index (χ2n) is 4.10. The summed E-state index contributed by atoms with van der Waals surface area (Å²) < 4.78 is 12.7. The van der Waals surface area contributed by atoms with Gasteiger partial charge in [-0.2, -0.15) is 5.26 Å². The van der Waals surface area contributed by atoms with Crippen LogP contribution in [0, 0.1) is 17.1 Å². The molecule has 1 rings (SSSR count). The van der Waals surface area contributed by atoms with Crippen LogP contribution in [0.2, 0.25) is 0 Å². The molecule has 0 fully saturated rings. The molecule has 0 bridgehead atoms. The number of hydrogen-bond acceptors (Lipinski definition) is 2. The number of carbonyl (C=O) groups excluding carboxylic acids is 1. The highest BCUT2D eigenvalue weighted by Crippen LogP contribution is 2.03. The van der Waals surface area contributed by atoms with Gasteiger partial charge in [0.05, 0.1) is 12.5 Å². The van der Waals surface area contributed by atoms with Crippen LogP contribution in [0.4, 0.5) is 9.18 Å². The van der Waals surface area contributed by atoms with Crippen LogP contribution in [0.5, 0.6) is 0 Å². The molecule has 0 saturated heterocycles. The summed E-state index contributed by atoms with van der Waals surface area (Å²) in [6, 6.07) is 8.07. The van der Waals surface area contributed by atoms with E-state index in [9.17, 15) is 9.18 Å². The van der Waals surface area contributed by atoms with Crippen molar-refractivity contribution < 1.29 is 9.18 Å². The van der Waals surface area contributed by atoms with Crippen LogP contribution >= 0.6 is 0 Å². The van der Waals surface area contributed by atoms with Gasteiger partial charge in [0.1, 0.15) is 5.82 Å². The summed E-state index contributed by atoms with van der Waals surface area (Å²) in [5, 5.41) is 11.3. The van der Waals surface area contributed by atoms with Crippen molar-refractivity contribution in [1.29, 1.82) is 5.26 Å². The van der Waals surface area contributed by atoms with Gasteiger partial charge >= 0.3 is 6.03 Å². The molecule has 2 amide bonds. The monoisotopic (exact) mass is 263 g/mol. The largest absolute Gasteiger partial charge is 0.338 e. The SMILES string of the molecule is CCN(CCC#N)C(=O)NCCc1ccc(F)cc1. The minimum absolute atomic E-state index is 0.167. The van der Waals surface area contributed by atoms with Gasteiger partial charge in [0.15, 0.2) is 0 Å². The quantitative estimate of drug-likeness (QED) is 0.856. The van der Waals surface area contributed by atoms with E-state index in [4.69, 9.17) is 5.26 Å². The van der Waals surface area contributed by atoms with E-state index >= 15 is 0 Å². The molecule has 1 aromatic rings. The van der Waals surface area contributed by atoms with E-state index in [1.165, 1.54) is 12.1 Å². The fraction of sp³-hybridized carbons (Fsp3) is 0.429. The van der Waals surface area contributed by atoms with Crippen LogP contribution in [0.15, 0.2) is 24.3 Å². The van der Waals surface area contributed by atoms with Crippen molar-refractivity contribution in [3.8, 4) is 6.07 Å². The summed E-state index contributed by atoms with van der Waals surface area (Å²) in [6.07, 6.45) is 0.987. The zero-order chi connectivity index (χ0) is 14.1. The molecule has 0 aliphatic rings. The molecule has 0 atom stereocenters. The summed E-state index contributed by atoms with van der Waals surface area (Å²) in [4.78, 5) is 13.4. The molecule has 0 aliphatic heterocycles. The topological polar surface area (TPSA) is 56.1 Å². The van der Waals surface area contributed by atoms with Crippen molar-refractivity contribution in [3.63, 3.8) is 0 Å². The number of amides is 2. The van der Waals surface area contributed by atoms with Gasteiger partial charge in [0.2, 0.25) is 0 Å². The summed E-state index contributed by atoms with van der Waals surface area (Å²) in [5.74, 6) is -0.263. The van der Waals surface area contributed by atoms with Crippen LogP contribution in [0.25, 0.3) is 0 Å². The lowest BCUT2D eigenvalue weighted by molar-refractivity contribution is 0.202. The summed E-state index contributed by atoms with van der Waals surface area (Å²) >= 11 is 0. The summed E-state index contributed by atoms with van der Waals surface area (Å²) in [7, 11) is 0. The molecule has 0 saturated carbocycles. The standard InChI is InChI=1S/C14H18FN3O/c1-2-18(11-3-9-16)14(19)17-10-8-12-4-6-13(15)7-5-12/h4-7H,2-3,8,10-11H2,1H3,(H,17,19). The Hall–Kier alpha value is -2.09. The first-order valence-corrected chi connectivity index (χ1v) is 6.31. The fourth-order valence-electron chi connectivity index (χ4n) is 1.66. The molecular weight excluding hydrogens is 245 g/mol. The Morgan fingerprint density at radius 2 is 2.11 bits per heavy atom. The average Bonchev–Trinajstić information content (AvgIpc) is 2.42. The Labute approximate surface area is 112 Å². The average molecular weight is 263 g/mol. The molecule has 19 heavy (non-hydrogen) atoms. The van der Waals surface area contributed by atoms with Gasteiger partial charge in [0.25, 0.3) is 0 Å². The third kappa shape index (κ3) is 5.38. The molecule has 0 unspecified atom stereocenters. The van der Waals surface area contributed by atoms with E-state index in [1.807, 2.05) is 13.0 Å². The first-order valence-electron chi connectivity index (χ1n) is 6.31. The number of benzene rings is 1. The predicted molar refractivity (Wildman–Crippen MR) is 71.0 cm³/mol.